The van der Waals surface area contributed by atoms with Gasteiger partial charge in [0, 0.05) is 12.1 Å². The number of methoxy groups -OCH3 is 1. The quantitative estimate of drug-likeness (QED) is 0.472. The Bertz CT molecular complexity index is 460. The van der Waals surface area contributed by atoms with Gasteiger partial charge in [0.05, 0.1) is 12.0 Å². The molecule has 7 nitrogen and oxygen atoms in total. The molecule has 0 aliphatic carbocycles. The Morgan fingerprint density at radius 3 is 2.42 bits per heavy atom. The first-order valence-corrected chi connectivity index (χ1v) is 5.57. The molecule has 0 saturated carbocycles. The molecule has 0 fully saturated rings. The molecule has 1 aromatic rings. The van der Waals surface area contributed by atoms with Crippen molar-refractivity contribution in [2.45, 2.75) is 12.5 Å². The maximum atomic E-state index is 11.6. The van der Waals surface area contributed by atoms with E-state index in [4.69, 9.17) is 4.74 Å². The lowest BCUT2D eigenvalue weighted by atomic mass is 10.1. The van der Waals surface area contributed by atoms with E-state index in [2.05, 4.69) is 10.1 Å². The summed E-state index contributed by atoms with van der Waals surface area (Å²) in [5.74, 6) is -0.00658. The summed E-state index contributed by atoms with van der Waals surface area (Å²) in [4.78, 5) is 21.6. The van der Waals surface area contributed by atoms with Crippen LogP contribution >= 0.6 is 0 Å². The summed E-state index contributed by atoms with van der Waals surface area (Å²) in [5, 5.41) is 13.3. The van der Waals surface area contributed by atoms with E-state index in [0.717, 1.165) is 0 Å². The number of non-ortho nitro benzene ring substituents is 1. The zero-order valence-electron chi connectivity index (χ0n) is 11.0. The SMILES string of the molecule is CNC(C)(COc1ccc([N+](=O)[O-])cc1)C(=O)OC. The lowest BCUT2D eigenvalue weighted by Crippen LogP contribution is -2.52. The third kappa shape index (κ3) is 3.65. The van der Waals surface area contributed by atoms with Crippen LogP contribution < -0.4 is 10.1 Å². The Kier molecular flexibility index (Phi) is 4.82. The number of hydrogen-bond donors (Lipinski definition) is 1. The van der Waals surface area contributed by atoms with Crippen LogP contribution in [0.1, 0.15) is 6.92 Å². The summed E-state index contributed by atoms with van der Waals surface area (Å²) in [6.45, 7) is 1.69. The van der Waals surface area contributed by atoms with E-state index in [1.807, 2.05) is 0 Å². The molecule has 0 aromatic heterocycles. The van der Waals surface area contributed by atoms with Gasteiger partial charge in [-0.1, -0.05) is 0 Å². The van der Waals surface area contributed by atoms with E-state index in [-0.39, 0.29) is 12.3 Å². The van der Waals surface area contributed by atoms with Crippen molar-refractivity contribution >= 4 is 11.7 Å². The van der Waals surface area contributed by atoms with Gasteiger partial charge >= 0.3 is 5.97 Å². The molecule has 1 N–H and O–H groups in total. The number of nitrogens with one attached hydrogen (secondary N) is 1. The highest BCUT2D eigenvalue weighted by atomic mass is 16.6. The minimum absolute atomic E-state index is 0.0169. The molecule has 7 heteroatoms. The number of benzene rings is 1. The molecule has 0 radical (unpaired) electrons. The Hall–Kier alpha value is -2.15. The molecule has 0 amide bonds. The monoisotopic (exact) mass is 268 g/mol. The third-order valence-corrected chi connectivity index (χ3v) is 2.76. The molecule has 0 bridgehead atoms. The van der Waals surface area contributed by atoms with Crippen LogP contribution in [0.5, 0.6) is 5.75 Å². The molecule has 1 atom stereocenters. The fourth-order valence-electron chi connectivity index (χ4n) is 1.35. The van der Waals surface area contributed by atoms with E-state index in [0.29, 0.717) is 5.75 Å². The second-order valence-corrected chi connectivity index (χ2v) is 4.11. The zero-order valence-corrected chi connectivity index (χ0v) is 11.0. The summed E-state index contributed by atoms with van der Waals surface area (Å²) < 4.78 is 10.1. The maximum Gasteiger partial charge on any atom is 0.329 e. The Morgan fingerprint density at radius 1 is 1.42 bits per heavy atom. The van der Waals surface area contributed by atoms with E-state index in [1.54, 1.807) is 14.0 Å². The number of hydrogen-bond acceptors (Lipinski definition) is 6. The number of likely N-dealkylation sites (N-methyl/N-ethyl adjacent to an activating group) is 1. The highest BCUT2D eigenvalue weighted by molar-refractivity contribution is 5.80. The van der Waals surface area contributed by atoms with Crippen molar-refractivity contribution in [2.24, 2.45) is 0 Å². The standard InChI is InChI=1S/C12H16N2O5/c1-12(13-2,11(15)18-3)8-19-10-6-4-9(5-7-10)14(16)17/h4-7,13H,8H2,1-3H3. The van der Waals surface area contributed by atoms with E-state index >= 15 is 0 Å². The van der Waals surface area contributed by atoms with Crippen molar-refractivity contribution < 1.29 is 19.2 Å². The van der Waals surface area contributed by atoms with Gasteiger partial charge in [-0.15, -0.1) is 0 Å². The van der Waals surface area contributed by atoms with Crippen LogP contribution in [0, 0.1) is 10.1 Å². The summed E-state index contributed by atoms with van der Waals surface area (Å²) >= 11 is 0. The summed E-state index contributed by atoms with van der Waals surface area (Å²) in [7, 11) is 2.92. The zero-order chi connectivity index (χ0) is 14.5. The molecule has 1 unspecified atom stereocenters. The van der Waals surface area contributed by atoms with Crippen LogP contribution in [0.25, 0.3) is 0 Å². The molecule has 19 heavy (non-hydrogen) atoms. The molecular weight excluding hydrogens is 252 g/mol. The van der Waals surface area contributed by atoms with E-state index in [1.165, 1.54) is 31.4 Å². The van der Waals surface area contributed by atoms with Gasteiger partial charge in [-0.25, -0.2) is 4.79 Å². The highest BCUT2D eigenvalue weighted by Gasteiger charge is 2.33. The smallest absolute Gasteiger partial charge is 0.329 e. The molecule has 0 aliphatic heterocycles. The fraction of sp³-hybridized carbons (Fsp3) is 0.417. The first kappa shape index (κ1) is 14.9. The lowest BCUT2D eigenvalue weighted by Gasteiger charge is -2.25. The summed E-state index contributed by atoms with van der Waals surface area (Å²) in [6.07, 6.45) is 0. The van der Waals surface area contributed by atoms with Gasteiger partial charge in [0.2, 0.25) is 0 Å². The van der Waals surface area contributed by atoms with Gasteiger partial charge in [-0.2, -0.15) is 0 Å². The van der Waals surface area contributed by atoms with Crippen molar-refractivity contribution in [3.05, 3.63) is 34.4 Å². The predicted octanol–water partition coefficient (Wildman–Crippen LogP) is 1.12. The van der Waals surface area contributed by atoms with Crippen molar-refractivity contribution in [2.75, 3.05) is 20.8 Å². The van der Waals surface area contributed by atoms with Crippen LogP contribution in [0.2, 0.25) is 0 Å². The number of nitro groups is 1. The lowest BCUT2D eigenvalue weighted by molar-refractivity contribution is -0.384. The highest BCUT2D eigenvalue weighted by Crippen LogP contribution is 2.18. The first-order valence-electron chi connectivity index (χ1n) is 5.57. The van der Waals surface area contributed by atoms with Crippen molar-refractivity contribution in [1.82, 2.24) is 5.32 Å². The number of esters is 1. The van der Waals surface area contributed by atoms with Gasteiger partial charge in [0.25, 0.3) is 5.69 Å². The minimum atomic E-state index is -0.976. The molecular formula is C12H16N2O5. The number of carbonyl (C=O) groups excluding carboxylic acids is 1. The van der Waals surface area contributed by atoms with Crippen LogP contribution in [0.3, 0.4) is 0 Å². The molecule has 1 aromatic carbocycles. The summed E-state index contributed by atoms with van der Waals surface area (Å²) in [5.41, 5.74) is -0.993. The second-order valence-electron chi connectivity index (χ2n) is 4.11. The van der Waals surface area contributed by atoms with Gasteiger partial charge in [0.15, 0.2) is 0 Å². The third-order valence-electron chi connectivity index (χ3n) is 2.76. The second kappa shape index (κ2) is 6.14. The Labute approximate surface area is 110 Å². The largest absolute Gasteiger partial charge is 0.491 e. The van der Waals surface area contributed by atoms with Gasteiger partial charge in [0.1, 0.15) is 17.9 Å². The van der Waals surface area contributed by atoms with E-state index in [9.17, 15) is 14.9 Å². The molecule has 0 spiro atoms. The van der Waals surface area contributed by atoms with Crippen LogP contribution in [0.4, 0.5) is 5.69 Å². The fourth-order valence-corrected chi connectivity index (χ4v) is 1.35. The van der Waals surface area contributed by atoms with E-state index < -0.39 is 16.4 Å². The van der Waals surface area contributed by atoms with Crippen LogP contribution in [0.15, 0.2) is 24.3 Å². The number of ether oxygens (including phenoxy) is 2. The van der Waals surface area contributed by atoms with Crippen molar-refractivity contribution in [3.63, 3.8) is 0 Å². The Morgan fingerprint density at radius 2 is 2.00 bits per heavy atom. The van der Waals surface area contributed by atoms with Crippen molar-refractivity contribution in [1.29, 1.82) is 0 Å². The van der Waals surface area contributed by atoms with Crippen LogP contribution in [-0.4, -0.2) is 37.2 Å². The number of rotatable bonds is 6. The topological polar surface area (TPSA) is 90.7 Å². The van der Waals surface area contributed by atoms with Crippen molar-refractivity contribution in [3.8, 4) is 5.75 Å². The average Bonchev–Trinajstić information content (AvgIpc) is 2.44. The number of nitro benzene ring substituents is 1. The summed E-state index contributed by atoms with van der Waals surface area (Å²) in [6, 6.07) is 5.63. The number of nitrogens with zero attached hydrogens (tertiary/aromatic N) is 1. The number of carbonyl (C=O) groups is 1. The van der Waals surface area contributed by atoms with Gasteiger partial charge < -0.3 is 14.8 Å². The average molecular weight is 268 g/mol. The maximum absolute atomic E-state index is 11.6. The Balaban J connectivity index is 2.70. The molecule has 1 rings (SSSR count). The van der Waals surface area contributed by atoms with Crippen LogP contribution in [-0.2, 0) is 9.53 Å². The predicted molar refractivity (Wildman–Crippen MR) is 68.1 cm³/mol. The first-order chi connectivity index (χ1) is 8.92. The molecule has 104 valence electrons. The normalized spacial score (nSPS) is 13.4. The minimum Gasteiger partial charge on any atom is -0.491 e. The molecule has 0 heterocycles. The van der Waals surface area contributed by atoms with Gasteiger partial charge in [-0.05, 0) is 26.1 Å². The van der Waals surface area contributed by atoms with Gasteiger partial charge in [-0.3, -0.25) is 10.1 Å². The molecule has 0 saturated heterocycles. The molecule has 0 aliphatic rings.